The van der Waals surface area contributed by atoms with Crippen LogP contribution in [-0.2, 0) is 6.54 Å². The van der Waals surface area contributed by atoms with Gasteiger partial charge in [0.2, 0.25) is 5.88 Å². The summed E-state index contributed by atoms with van der Waals surface area (Å²) in [6, 6.07) is 7.55. The van der Waals surface area contributed by atoms with Crippen molar-refractivity contribution >= 4 is 35.0 Å². The molecule has 0 N–H and O–H groups in total. The molecular formula is C19H23Cl2N3OS. The SMILES string of the molecule is COc1cc(Cl)nc(Sc2cccc(Cl)c2CN2CC(C)CC(C)C2)n1. The largest absolute Gasteiger partial charge is 0.481 e. The summed E-state index contributed by atoms with van der Waals surface area (Å²) in [6.07, 6.45) is 1.29. The van der Waals surface area contributed by atoms with E-state index in [0.29, 0.717) is 28.0 Å². The predicted molar refractivity (Wildman–Crippen MR) is 107 cm³/mol. The molecular weight excluding hydrogens is 389 g/mol. The lowest BCUT2D eigenvalue weighted by Crippen LogP contribution is -2.38. The molecule has 0 saturated carbocycles. The van der Waals surface area contributed by atoms with E-state index in [-0.39, 0.29) is 0 Å². The van der Waals surface area contributed by atoms with E-state index in [1.54, 1.807) is 13.2 Å². The number of hydrogen-bond acceptors (Lipinski definition) is 5. The van der Waals surface area contributed by atoms with Crippen molar-refractivity contribution in [3.63, 3.8) is 0 Å². The Hall–Kier alpha value is -1.01. The molecule has 2 heterocycles. The van der Waals surface area contributed by atoms with E-state index in [4.69, 9.17) is 27.9 Å². The number of piperidine rings is 1. The van der Waals surface area contributed by atoms with Crippen molar-refractivity contribution in [2.24, 2.45) is 11.8 Å². The second-order valence-corrected chi connectivity index (χ2v) is 8.78. The van der Waals surface area contributed by atoms with Crippen LogP contribution >= 0.6 is 35.0 Å². The standard InChI is InChI=1S/C19H23Cl2N3OS/c1-12-7-13(2)10-24(9-12)11-14-15(20)5-4-6-16(14)26-19-22-17(21)8-18(23-19)25-3/h4-6,8,12-13H,7,9-11H2,1-3H3. The van der Waals surface area contributed by atoms with Crippen molar-refractivity contribution in [3.8, 4) is 5.88 Å². The molecule has 7 heteroatoms. The smallest absolute Gasteiger partial charge is 0.218 e. The average Bonchev–Trinajstić information content (AvgIpc) is 2.56. The van der Waals surface area contributed by atoms with E-state index in [1.165, 1.54) is 18.2 Å². The number of methoxy groups -OCH3 is 1. The van der Waals surface area contributed by atoms with Gasteiger partial charge in [-0.1, -0.05) is 43.1 Å². The Kier molecular flexibility index (Phi) is 6.67. The maximum Gasteiger partial charge on any atom is 0.218 e. The van der Waals surface area contributed by atoms with Gasteiger partial charge in [0.1, 0.15) is 5.15 Å². The molecule has 1 aromatic carbocycles. The van der Waals surface area contributed by atoms with Gasteiger partial charge >= 0.3 is 0 Å². The highest BCUT2D eigenvalue weighted by molar-refractivity contribution is 7.99. The van der Waals surface area contributed by atoms with Gasteiger partial charge in [-0.15, -0.1) is 0 Å². The van der Waals surface area contributed by atoms with Crippen LogP contribution in [0.5, 0.6) is 5.88 Å². The number of nitrogens with zero attached hydrogens (tertiary/aromatic N) is 3. The topological polar surface area (TPSA) is 38.2 Å². The number of ether oxygens (including phenoxy) is 1. The number of halogens is 2. The average molecular weight is 412 g/mol. The van der Waals surface area contributed by atoms with Crippen LogP contribution in [0.2, 0.25) is 10.2 Å². The van der Waals surface area contributed by atoms with Crippen molar-refractivity contribution in [1.29, 1.82) is 0 Å². The molecule has 4 nitrogen and oxygen atoms in total. The molecule has 0 bridgehead atoms. The highest BCUT2D eigenvalue weighted by atomic mass is 35.5. The molecule has 26 heavy (non-hydrogen) atoms. The number of rotatable bonds is 5. The van der Waals surface area contributed by atoms with Gasteiger partial charge in [0.25, 0.3) is 0 Å². The van der Waals surface area contributed by atoms with Crippen LogP contribution in [0, 0.1) is 11.8 Å². The normalized spacial score (nSPS) is 21.0. The molecule has 140 valence electrons. The van der Waals surface area contributed by atoms with Gasteiger partial charge in [0.15, 0.2) is 5.16 Å². The van der Waals surface area contributed by atoms with Gasteiger partial charge in [-0.25, -0.2) is 4.98 Å². The zero-order chi connectivity index (χ0) is 18.7. The fourth-order valence-electron chi connectivity index (χ4n) is 3.56. The molecule has 1 fully saturated rings. The third-order valence-corrected chi connectivity index (χ3v) is 5.98. The van der Waals surface area contributed by atoms with Crippen molar-refractivity contribution in [1.82, 2.24) is 14.9 Å². The maximum absolute atomic E-state index is 6.55. The van der Waals surface area contributed by atoms with E-state index in [0.717, 1.165) is 35.1 Å². The first-order valence-corrected chi connectivity index (χ1v) is 10.3. The molecule has 1 aliphatic heterocycles. The predicted octanol–water partition coefficient (Wildman–Crippen LogP) is 5.42. The van der Waals surface area contributed by atoms with Gasteiger partial charge in [-0.2, -0.15) is 4.98 Å². The first-order valence-electron chi connectivity index (χ1n) is 8.70. The summed E-state index contributed by atoms with van der Waals surface area (Å²) >= 11 is 14.1. The van der Waals surface area contributed by atoms with Gasteiger partial charge < -0.3 is 4.74 Å². The minimum Gasteiger partial charge on any atom is -0.481 e. The monoisotopic (exact) mass is 411 g/mol. The number of benzene rings is 1. The van der Waals surface area contributed by atoms with Crippen LogP contribution in [0.4, 0.5) is 0 Å². The highest BCUT2D eigenvalue weighted by Crippen LogP contribution is 2.35. The summed E-state index contributed by atoms with van der Waals surface area (Å²) < 4.78 is 5.19. The van der Waals surface area contributed by atoms with Crippen LogP contribution in [0.15, 0.2) is 34.3 Å². The van der Waals surface area contributed by atoms with E-state index < -0.39 is 0 Å². The van der Waals surface area contributed by atoms with Crippen LogP contribution in [0.1, 0.15) is 25.8 Å². The zero-order valence-electron chi connectivity index (χ0n) is 15.2. The maximum atomic E-state index is 6.55. The van der Waals surface area contributed by atoms with Crippen molar-refractivity contribution in [2.75, 3.05) is 20.2 Å². The van der Waals surface area contributed by atoms with Crippen LogP contribution in [0.3, 0.4) is 0 Å². The lowest BCUT2D eigenvalue weighted by molar-refractivity contribution is 0.133. The van der Waals surface area contributed by atoms with Crippen molar-refractivity contribution in [3.05, 3.63) is 40.0 Å². The van der Waals surface area contributed by atoms with Crippen molar-refractivity contribution in [2.45, 2.75) is 36.9 Å². The summed E-state index contributed by atoms with van der Waals surface area (Å²) in [5.74, 6) is 1.87. The molecule has 0 amide bonds. The number of likely N-dealkylation sites (tertiary alicyclic amines) is 1. The Balaban J connectivity index is 1.84. The quantitative estimate of drug-likeness (QED) is 0.484. The Morgan fingerprint density at radius 1 is 1.19 bits per heavy atom. The minimum absolute atomic E-state index is 0.363. The first-order chi connectivity index (χ1) is 12.4. The molecule has 0 radical (unpaired) electrons. The second kappa shape index (κ2) is 8.79. The molecule has 0 spiro atoms. The Morgan fingerprint density at radius 2 is 1.92 bits per heavy atom. The Morgan fingerprint density at radius 3 is 2.62 bits per heavy atom. The Bertz CT molecular complexity index is 764. The molecule has 2 atom stereocenters. The van der Waals surface area contributed by atoms with Gasteiger partial charge in [-0.3, -0.25) is 4.90 Å². The van der Waals surface area contributed by atoms with E-state index in [9.17, 15) is 0 Å². The molecule has 2 aromatic rings. The van der Waals surface area contributed by atoms with E-state index in [2.05, 4.69) is 34.8 Å². The summed E-state index contributed by atoms with van der Waals surface area (Å²) in [5.41, 5.74) is 1.11. The zero-order valence-corrected chi connectivity index (χ0v) is 17.5. The molecule has 1 saturated heterocycles. The third kappa shape index (κ3) is 5.03. The summed E-state index contributed by atoms with van der Waals surface area (Å²) in [5, 5.41) is 1.69. The van der Waals surface area contributed by atoms with E-state index >= 15 is 0 Å². The molecule has 3 rings (SSSR count). The molecule has 1 aromatic heterocycles. The van der Waals surface area contributed by atoms with Gasteiger partial charge in [-0.05, 0) is 47.7 Å². The lowest BCUT2D eigenvalue weighted by atomic mass is 9.91. The van der Waals surface area contributed by atoms with Gasteiger partial charge in [0, 0.05) is 35.6 Å². The van der Waals surface area contributed by atoms with Crippen molar-refractivity contribution < 1.29 is 4.74 Å². The lowest BCUT2D eigenvalue weighted by Gasteiger charge is -2.35. The summed E-state index contributed by atoms with van der Waals surface area (Å²) in [4.78, 5) is 12.2. The molecule has 0 aliphatic carbocycles. The van der Waals surface area contributed by atoms with E-state index in [1.807, 2.05) is 12.1 Å². The summed E-state index contributed by atoms with van der Waals surface area (Å²) in [6.45, 7) is 7.66. The van der Waals surface area contributed by atoms with Gasteiger partial charge in [0.05, 0.1) is 7.11 Å². The third-order valence-electron chi connectivity index (χ3n) is 4.46. The number of hydrogen-bond donors (Lipinski definition) is 0. The molecule has 2 unspecified atom stereocenters. The summed E-state index contributed by atoms with van der Waals surface area (Å²) in [7, 11) is 1.57. The van der Waals surface area contributed by atoms with Crippen LogP contribution in [0.25, 0.3) is 0 Å². The van der Waals surface area contributed by atoms with Crippen LogP contribution < -0.4 is 4.74 Å². The minimum atomic E-state index is 0.363. The van der Waals surface area contributed by atoms with Crippen LogP contribution in [-0.4, -0.2) is 35.1 Å². The first kappa shape index (κ1) is 19.7. The Labute approximate surface area is 169 Å². The number of aromatic nitrogens is 2. The fourth-order valence-corrected chi connectivity index (χ4v) is 4.99. The molecule has 1 aliphatic rings. The highest BCUT2D eigenvalue weighted by Gasteiger charge is 2.23. The fraction of sp³-hybridized carbons (Fsp3) is 0.474. The second-order valence-electron chi connectivity index (χ2n) is 6.97.